The Morgan fingerprint density at radius 3 is 1.89 bits per heavy atom. The molecule has 0 rings (SSSR count). The molecule has 18 heavy (non-hydrogen) atoms. The second-order valence-corrected chi connectivity index (χ2v) is 6.50. The molecule has 0 bridgehead atoms. The van der Waals surface area contributed by atoms with E-state index < -0.39 is 22.9 Å². The molecular formula is C14H26O4. The molecule has 0 radical (unpaired) electrons. The van der Waals surface area contributed by atoms with Gasteiger partial charge in [0.2, 0.25) is 0 Å². The molecule has 0 spiro atoms. The zero-order chi connectivity index (χ0) is 14.7. The molecule has 0 heterocycles. The van der Waals surface area contributed by atoms with Crippen LogP contribution in [0.5, 0.6) is 0 Å². The van der Waals surface area contributed by atoms with E-state index in [1.54, 1.807) is 34.6 Å². The number of rotatable bonds is 6. The number of aliphatic hydroxyl groups is 2. The van der Waals surface area contributed by atoms with Gasteiger partial charge in [0.15, 0.2) is 5.78 Å². The van der Waals surface area contributed by atoms with Gasteiger partial charge in [0.25, 0.3) is 0 Å². The normalized spacial score (nSPS) is 17.4. The summed E-state index contributed by atoms with van der Waals surface area (Å²) >= 11 is 0. The quantitative estimate of drug-likeness (QED) is 0.760. The summed E-state index contributed by atoms with van der Waals surface area (Å²) in [6.45, 7) is 10.0. The molecule has 0 aliphatic heterocycles. The molecule has 4 heteroatoms. The summed E-state index contributed by atoms with van der Waals surface area (Å²) in [4.78, 5) is 23.5. The summed E-state index contributed by atoms with van der Waals surface area (Å²) in [5.41, 5.74) is -2.52. The molecule has 1 unspecified atom stereocenters. The maximum absolute atomic E-state index is 12.3. The highest BCUT2D eigenvalue weighted by molar-refractivity contribution is 5.95. The zero-order valence-electron chi connectivity index (χ0n) is 12.3. The average Bonchev–Trinajstić information content (AvgIpc) is 2.13. The molecule has 0 aliphatic rings. The summed E-state index contributed by atoms with van der Waals surface area (Å²) < 4.78 is 0. The van der Waals surface area contributed by atoms with E-state index >= 15 is 0 Å². The number of carbonyl (C=O) groups excluding carboxylic acids is 2. The van der Waals surface area contributed by atoms with E-state index in [-0.39, 0.29) is 24.5 Å². The highest BCUT2D eigenvalue weighted by Gasteiger charge is 2.44. The minimum absolute atomic E-state index is 0.0729. The van der Waals surface area contributed by atoms with Crippen molar-refractivity contribution in [3.05, 3.63) is 0 Å². The number of aliphatic hydroxyl groups excluding tert-OH is 1. The van der Waals surface area contributed by atoms with Crippen LogP contribution in [-0.2, 0) is 9.59 Å². The third-order valence-electron chi connectivity index (χ3n) is 2.96. The molecule has 0 saturated carbocycles. The molecular weight excluding hydrogens is 232 g/mol. The summed E-state index contributed by atoms with van der Waals surface area (Å²) in [5.74, 6) is -0.729. The van der Waals surface area contributed by atoms with E-state index in [2.05, 4.69) is 0 Å². The van der Waals surface area contributed by atoms with Crippen molar-refractivity contribution in [3.63, 3.8) is 0 Å². The van der Waals surface area contributed by atoms with Gasteiger partial charge >= 0.3 is 0 Å². The van der Waals surface area contributed by atoms with Gasteiger partial charge in [-0.2, -0.15) is 0 Å². The van der Waals surface area contributed by atoms with Gasteiger partial charge in [-0.3, -0.25) is 9.59 Å². The lowest BCUT2D eigenvalue weighted by molar-refractivity contribution is -0.153. The van der Waals surface area contributed by atoms with Crippen LogP contribution in [0.4, 0.5) is 0 Å². The van der Waals surface area contributed by atoms with E-state index in [0.717, 1.165) is 0 Å². The number of ketones is 2. The lowest BCUT2D eigenvalue weighted by Crippen LogP contribution is -2.49. The fraction of sp³-hybridized carbons (Fsp3) is 0.857. The van der Waals surface area contributed by atoms with Gasteiger partial charge in [0.1, 0.15) is 11.4 Å². The average molecular weight is 258 g/mol. The van der Waals surface area contributed by atoms with Crippen LogP contribution in [0.2, 0.25) is 0 Å². The second kappa shape index (κ2) is 5.93. The summed E-state index contributed by atoms with van der Waals surface area (Å²) in [6, 6.07) is 0. The fourth-order valence-electron chi connectivity index (χ4n) is 1.94. The Hall–Kier alpha value is -0.740. The van der Waals surface area contributed by atoms with Crippen LogP contribution in [0.25, 0.3) is 0 Å². The molecule has 0 aromatic carbocycles. The van der Waals surface area contributed by atoms with Gasteiger partial charge in [-0.25, -0.2) is 0 Å². The smallest absolute Gasteiger partial charge is 0.170 e. The maximum atomic E-state index is 12.3. The summed E-state index contributed by atoms with van der Waals surface area (Å²) in [6.07, 6.45) is -1.15. The number of carbonyl (C=O) groups is 2. The Balaban J connectivity index is 5.18. The zero-order valence-corrected chi connectivity index (χ0v) is 12.3. The summed E-state index contributed by atoms with van der Waals surface area (Å²) in [7, 11) is 0. The first-order valence-electron chi connectivity index (χ1n) is 6.35. The highest BCUT2D eigenvalue weighted by atomic mass is 16.3. The Morgan fingerprint density at radius 1 is 1.17 bits per heavy atom. The number of hydrogen-bond donors (Lipinski definition) is 2. The fourth-order valence-corrected chi connectivity index (χ4v) is 1.94. The topological polar surface area (TPSA) is 74.6 Å². The molecule has 0 fully saturated rings. The van der Waals surface area contributed by atoms with Crippen LogP contribution in [0.15, 0.2) is 0 Å². The molecule has 106 valence electrons. The van der Waals surface area contributed by atoms with Gasteiger partial charge < -0.3 is 10.2 Å². The largest absolute Gasteiger partial charge is 0.393 e. The molecule has 0 aromatic rings. The van der Waals surface area contributed by atoms with Crippen molar-refractivity contribution in [1.82, 2.24) is 0 Å². The van der Waals surface area contributed by atoms with Gasteiger partial charge in [-0.1, -0.05) is 34.6 Å². The Morgan fingerprint density at radius 2 is 1.61 bits per heavy atom. The van der Waals surface area contributed by atoms with Crippen LogP contribution in [0.1, 0.15) is 54.4 Å². The SMILES string of the molecule is CC(=O)CC(O)(C[C@H](O)C(C)C)C(=O)C(C)(C)C. The molecule has 4 nitrogen and oxygen atoms in total. The first kappa shape index (κ1) is 17.3. The van der Waals surface area contributed by atoms with Crippen molar-refractivity contribution in [2.45, 2.75) is 66.1 Å². The van der Waals surface area contributed by atoms with Crippen molar-refractivity contribution >= 4 is 11.6 Å². The van der Waals surface area contributed by atoms with Crippen molar-refractivity contribution < 1.29 is 19.8 Å². The van der Waals surface area contributed by atoms with Crippen molar-refractivity contribution in [1.29, 1.82) is 0 Å². The second-order valence-electron chi connectivity index (χ2n) is 6.50. The molecule has 2 atom stereocenters. The van der Waals surface area contributed by atoms with E-state index in [1.807, 2.05) is 0 Å². The molecule has 0 aromatic heterocycles. The van der Waals surface area contributed by atoms with Crippen LogP contribution in [-0.4, -0.2) is 33.5 Å². The lowest BCUT2D eigenvalue weighted by atomic mass is 9.74. The number of hydrogen-bond acceptors (Lipinski definition) is 4. The van der Waals surface area contributed by atoms with Crippen LogP contribution < -0.4 is 0 Å². The van der Waals surface area contributed by atoms with Crippen LogP contribution >= 0.6 is 0 Å². The number of Topliss-reactive ketones (excluding diaryl/α,β-unsaturated/α-hetero) is 2. The predicted octanol–water partition coefficient (Wildman–Crippen LogP) is 1.72. The Labute approximate surface area is 109 Å². The Kier molecular flexibility index (Phi) is 5.69. The highest BCUT2D eigenvalue weighted by Crippen LogP contribution is 2.30. The van der Waals surface area contributed by atoms with Crippen LogP contribution in [0.3, 0.4) is 0 Å². The molecule has 0 aliphatic carbocycles. The Bertz CT molecular complexity index is 314. The molecule has 2 N–H and O–H groups in total. The van der Waals surface area contributed by atoms with Gasteiger partial charge in [-0.15, -0.1) is 0 Å². The van der Waals surface area contributed by atoms with E-state index in [4.69, 9.17) is 0 Å². The predicted molar refractivity (Wildman–Crippen MR) is 70.2 cm³/mol. The minimum Gasteiger partial charge on any atom is -0.393 e. The van der Waals surface area contributed by atoms with Crippen molar-refractivity contribution in [3.8, 4) is 0 Å². The third kappa shape index (κ3) is 4.86. The van der Waals surface area contributed by atoms with Gasteiger partial charge in [0, 0.05) is 18.3 Å². The molecule has 0 amide bonds. The van der Waals surface area contributed by atoms with Gasteiger partial charge in [-0.05, 0) is 12.8 Å². The lowest BCUT2D eigenvalue weighted by Gasteiger charge is -2.34. The maximum Gasteiger partial charge on any atom is 0.170 e. The van der Waals surface area contributed by atoms with Gasteiger partial charge in [0.05, 0.1) is 6.10 Å². The minimum atomic E-state index is -1.77. The first-order valence-corrected chi connectivity index (χ1v) is 6.35. The van der Waals surface area contributed by atoms with E-state index in [0.29, 0.717) is 0 Å². The first-order chi connectivity index (χ1) is 7.90. The van der Waals surface area contributed by atoms with E-state index in [9.17, 15) is 19.8 Å². The van der Waals surface area contributed by atoms with Crippen LogP contribution in [0, 0.1) is 11.3 Å². The standard InChI is InChI=1S/C14H26O4/c1-9(2)11(16)8-14(18,7-10(3)15)12(17)13(4,5)6/h9,11,16,18H,7-8H2,1-6H3/t11-,14?/m0/s1. The summed E-state index contributed by atoms with van der Waals surface area (Å²) in [5, 5.41) is 20.3. The molecule has 0 saturated heterocycles. The van der Waals surface area contributed by atoms with E-state index in [1.165, 1.54) is 6.92 Å². The monoisotopic (exact) mass is 258 g/mol. The third-order valence-corrected chi connectivity index (χ3v) is 2.96. The van der Waals surface area contributed by atoms with Crippen molar-refractivity contribution in [2.75, 3.05) is 0 Å². The van der Waals surface area contributed by atoms with Crippen molar-refractivity contribution in [2.24, 2.45) is 11.3 Å².